The van der Waals surface area contributed by atoms with Crippen molar-refractivity contribution in [2.45, 2.75) is 10.9 Å². The number of hydrogen-bond donors (Lipinski definition) is 1. The van der Waals surface area contributed by atoms with Crippen molar-refractivity contribution in [1.82, 2.24) is 4.31 Å². The molecule has 21 heavy (non-hydrogen) atoms. The molecule has 11 heteroatoms. The van der Waals surface area contributed by atoms with E-state index in [2.05, 4.69) is 0 Å². The summed E-state index contributed by atoms with van der Waals surface area (Å²) in [4.78, 5) is 20.7. The first-order valence-electron chi connectivity index (χ1n) is 5.51. The Bertz CT molecular complexity index is 707. The number of carboxylic acid groups (broad SMARTS) is 1. The Labute approximate surface area is 128 Å². The maximum atomic E-state index is 12.5. The van der Waals surface area contributed by atoms with Gasteiger partial charge in [0.2, 0.25) is 0 Å². The summed E-state index contributed by atoms with van der Waals surface area (Å²) in [7, 11) is -4.29. The minimum absolute atomic E-state index is 0.0197. The van der Waals surface area contributed by atoms with Gasteiger partial charge in [-0.2, -0.15) is 4.31 Å². The lowest BCUT2D eigenvalue weighted by Crippen LogP contribution is -2.41. The van der Waals surface area contributed by atoms with Crippen molar-refractivity contribution in [3.05, 3.63) is 33.3 Å². The summed E-state index contributed by atoms with van der Waals surface area (Å²) in [5, 5.41) is 20.1. The molecule has 1 aromatic carbocycles. The zero-order valence-electron chi connectivity index (χ0n) is 10.3. The number of nitro benzene ring substituents is 1. The summed E-state index contributed by atoms with van der Waals surface area (Å²) in [6.45, 7) is 0. The fraction of sp³-hybridized carbons (Fsp3) is 0.300. The molecule has 0 saturated carbocycles. The Balaban J connectivity index is 2.54. The van der Waals surface area contributed by atoms with Crippen LogP contribution in [0.15, 0.2) is 23.1 Å². The van der Waals surface area contributed by atoms with Crippen LogP contribution < -0.4 is 0 Å². The number of nitrogens with zero attached hydrogens (tertiary/aromatic N) is 2. The van der Waals surface area contributed by atoms with Crippen molar-refractivity contribution in [2.75, 3.05) is 11.6 Å². The van der Waals surface area contributed by atoms with Crippen LogP contribution in [0.4, 0.5) is 5.69 Å². The Morgan fingerprint density at radius 2 is 2.19 bits per heavy atom. The van der Waals surface area contributed by atoms with Crippen LogP contribution in [0, 0.1) is 10.1 Å². The quantitative estimate of drug-likeness (QED) is 0.642. The van der Waals surface area contributed by atoms with E-state index < -0.39 is 37.5 Å². The monoisotopic (exact) mass is 352 g/mol. The second-order valence-corrected chi connectivity index (χ2v) is 7.41. The van der Waals surface area contributed by atoms with E-state index in [1.54, 1.807) is 0 Å². The van der Waals surface area contributed by atoms with Crippen LogP contribution >= 0.6 is 23.4 Å². The van der Waals surface area contributed by atoms with Gasteiger partial charge in [-0.25, -0.2) is 8.42 Å². The Morgan fingerprint density at radius 1 is 1.52 bits per heavy atom. The van der Waals surface area contributed by atoms with Crippen LogP contribution in [-0.2, 0) is 14.8 Å². The average Bonchev–Trinajstić information content (AvgIpc) is 2.88. The molecule has 0 aliphatic carbocycles. The van der Waals surface area contributed by atoms with Crippen molar-refractivity contribution < 1.29 is 23.2 Å². The summed E-state index contributed by atoms with van der Waals surface area (Å²) in [5.74, 6) is -1.27. The molecule has 0 amide bonds. The highest BCUT2D eigenvalue weighted by Gasteiger charge is 2.42. The molecule has 0 spiro atoms. The molecule has 1 N–H and O–H groups in total. The molecule has 1 aliphatic rings. The summed E-state index contributed by atoms with van der Waals surface area (Å²) in [6.07, 6.45) is 0. The number of aliphatic carboxylic acids is 1. The summed E-state index contributed by atoms with van der Waals surface area (Å²) in [5.41, 5.74) is -0.677. The molecular weight excluding hydrogens is 344 g/mol. The molecule has 1 aromatic rings. The van der Waals surface area contributed by atoms with Gasteiger partial charge in [-0.05, 0) is 12.1 Å². The van der Waals surface area contributed by atoms with Crippen LogP contribution in [0.1, 0.15) is 0 Å². The SMILES string of the molecule is O=C(O)[C@@H]1CSCN1S(=O)(=O)c1ccc(Cl)cc1[N+](=O)[O-]. The highest BCUT2D eigenvalue weighted by Crippen LogP contribution is 2.34. The smallest absolute Gasteiger partial charge is 0.322 e. The molecule has 1 atom stereocenters. The van der Waals surface area contributed by atoms with Crippen molar-refractivity contribution in [3.8, 4) is 0 Å². The zero-order valence-corrected chi connectivity index (χ0v) is 12.7. The fourth-order valence-electron chi connectivity index (χ4n) is 1.84. The van der Waals surface area contributed by atoms with E-state index in [9.17, 15) is 23.3 Å². The molecule has 8 nitrogen and oxygen atoms in total. The lowest BCUT2D eigenvalue weighted by Gasteiger charge is -2.19. The molecule has 1 heterocycles. The van der Waals surface area contributed by atoms with Gasteiger partial charge in [-0.1, -0.05) is 11.6 Å². The molecule has 0 unspecified atom stereocenters. The summed E-state index contributed by atoms with van der Waals surface area (Å²) < 4.78 is 25.7. The van der Waals surface area contributed by atoms with Gasteiger partial charge in [0.05, 0.1) is 10.8 Å². The topological polar surface area (TPSA) is 118 Å². The van der Waals surface area contributed by atoms with Gasteiger partial charge in [-0.15, -0.1) is 11.8 Å². The molecule has 114 valence electrons. The largest absolute Gasteiger partial charge is 0.480 e. The number of halogens is 1. The number of rotatable bonds is 4. The predicted octanol–water partition coefficient (Wildman–Crippen LogP) is 1.40. The van der Waals surface area contributed by atoms with E-state index in [0.717, 1.165) is 28.2 Å². The van der Waals surface area contributed by atoms with Gasteiger partial charge in [0.25, 0.3) is 15.7 Å². The second-order valence-electron chi connectivity index (χ2n) is 4.12. The fourth-order valence-corrected chi connectivity index (χ4v) is 5.28. The first-order valence-corrected chi connectivity index (χ1v) is 8.48. The van der Waals surface area contributed by atoms with Crippen molar-refractivity contribution >= 4 is 45.0 Å². The molecule has 1 saturated heterocycles. The number of nitro groups is 1. The number of hydrogen-bond acceptors (Lipinski definition) is 6. The molecule has 1 fully saturated rings. The van der Waals surface area contributed by atoms with E-state index in [4.69, 9.17) is 16.7 Å². The maximum Gasteiger partial charge on any atom is 0.322 e. The number of carboxylic acids is 1. The molecule has 0 aromatic heterocycles. The van der Waals surface area contributed by atoms with Crippen LogP contribution in [0.5, 0.6) is 0 Å². The molecular formula is C10H9ClN2O6S2. The number of sulfonamides is 1. The predicted molar refractivity (Wildman–Crippen MR) is 75.9 cm³/mol. The average molecular weight is 353 g/mol. The third-order valence-corrected chi connectivity index (χ3v) is 6.14. The van der Waals surface area contributed by atoms with E-state index >= 15 is 0 Å². The highest BCUT2D eigenvalue weighted by molar-refractivity contribution is 8.00. The minimum Gasteiger partial charge on any atom is -0.480 e. The number of thioether (sulfide) groups is 1. The van der Waals surface area contributed by atoms with Gasteiger partial charge >= 0.3 is 5.97 Å². The van der Waals surface area contributed by atoms with E-state index in [0.29, 0.717) is 0 Å². The molecule has 0 radical (unpaired) electrons. The number of carbonyl (C=O) groups is 1. The van der Waals surface area contributed by atoms with E-state index in [1.807, 2.05) is 0 Å². The van der Waals surface area contributed by atoms with Gasteiger partial charge in [0, 0.05) is 16.8 Å². The highest BCUT2D eigenvalue weighted by atomic mass is 35.5. The third-order valence-electron chi connectivity index (χ3n) is 2.83. The zero-order chi connectivity index (χ0) is 15.8. The van der Waals surface area contributed by atoms with Gasteiger partial charge in [0.15, 0.2) is 4.90 Å². The van der Waals surface area contributed by atoms with Crippen molar-refractivity contribution in [3.63, 3.8) is 0 Å². The first kappa shape index (κ1) is 16.0. The summed E-state index contributed by atoms with van der Waals surface area (Å²) >= 11 is 6.77. The Hall–Kier alpha value is -1.36. The summed E-state index contributed by atoms with van der Waals surface area (Å²) in [6, 6.07) is 1.90. The first-order chi connectivity index (χ1) is 9.75. The van der Waals surface area contributed by atoms with E-state index in [1.165, 1.54) is 6.07 Å². The second kappa shape index (κ2) is 5.79. The lowest BCUT2D eigenvalue weighted by atomic mass is 10.3. The molecule has 1 aliphatic heterocycles. The van der Waals surface area contributed by atoms with Crippen LogP contribution in [0.3, 0.4) is 0 Å². The number of benzene rings is 1. The van der Waals surface area contributed by atoms with Crippen molar-refractivity contribution in [2.24, 2.45) is 0 Å². The normalized spacial score (nSPS) is 19.6. The Morgan fingerprint density at radius 3 is 2.76 bits per heavy atom. The Kier molecular flexibility index (Phi) is 4.42. The standard InChI is InChI=1S/C10H9ClN2O6S2/c11-6-1-2-9(7(3-6)13(16)17)21(18,19)12-5-20-4-8(12)10(14)15/h1-3,8H,4-5H2,(H,14,15)/t8-/m0/s1. The van der Waals surface area contributed by atoms with Gasteiger partial charge < -0.3 is 5.11 Å². The maximum absolute atomic E-state index is 12.5. The van der Waals surface area contributed by atoms with Crippen LogP contribution in [0.2, 0.25) is 5.02 Å². The van der Waals surface area contributed by atoms with Crippen LogP contribution in [-0.4, -0.2) is 46.4 Å². The van der Waals surface area contributed by atoms with Crippen LogP contribution in [0.25, 0.3) is 0 Å². The minimum atomic E-state index is -4.29. The lowest BCUT2D eigenvalue weighted by molar-refractivity contribution is -0.387. The molecule has 0 bridgehead atoms. The van der Waals surface area contributed by atoms with E-state index in [-0.39, 0.29) is 16.7 Å². The van der Waals surface area contributed by atoms with Gasteiger partial charge in [0.1, 0.15) is 6.04 Å². The van der Waals surface area contributed by atoms with Crippen molar-refractivity contribution in [1.29, 1.82) is 0 Å². The third kappa shape index (κ3) is 2.98. The van der Waals surface area contributed by atoms with Gasteiger partial charge in [-0.3, -0.25) is 14.9 Å². The molecule has 2 rings (SSSR count).